The summed E-state index contributed by atoms with van der Waals surface area (Å²) < 4.78 is 0.965. The zero-order valence-electron chi connectivity index (χ0n) is 8.64. The monoisotopic (exact) mass is 309 g/mol. The number of H-pyrrole nitrogens is 1. The van der Waals surface area contributed by atoms with Crippen LogP contribution in [0.15, 0.2) is 27.8 Å². The standard InChI is InChI=1S/C10H8BrN5S/c11-8-2-1-6(4-12)3-7(8)5-17-10-14-9(13)15-16-10/h1-3H,5H2,(H3,13,14,15,16). The van der Waals surface area contributed by atoms with Gasteiger partial charge in [-0.25, -0.2) is 5.10 Å². The van der Waals surface area contributed by atoms with E-state index in [1.54, 1.807) is 6.07 Å². The van der Waals surface area contributed by atoms with Crippen LogP contribution in [0.3, 0.4) is 0 Å². The lowest BCUT2D eigenvalue weighted by atomic mass is 10.2. The topological polar surface area (TPSA) is 91.4 Å². The van der Waals surface area contributed by atoms with Gasteiger partial charge in [-0.1, -0.05) is 27.7 Å². The first-order valence-corrected chi connectivity index (χ1v) is 6.46. The number of benzene rings is 1. The number of hydrogen-bond donors (Lipinski definition) is 2. The van der Waals surface area contributed by atoms with Crippen LogP contribution in [-0.2, 0) is 5.75 Å². The molecule has 0 bridgehead atoms. The molecular formula is C10H8BrN5S. The second-order valence-corrected chi connectivity index (χ2v) is 5.01. The molecule has 1 heterocycles. The van der Waals surface area contributed by atoms with E-state index in [1.807, 2.05) is 12.1 Å². The van der Waals surface area contributed by atoms with Gasteiger partial charge >= 0.3 is 0 Å². The third kappa shape index (κ3) is 2.99. The van der Waals surface area contributed by atoms with Crippen LogP contribution in [0.4, 0.5) is 5.95 Å². The Morgan fingerprint density at radius 1 is 1.53 bits per heavy atom. The van der Waals surface area contributed by atoms with Gasteiger partial charge in [0.25, 0.3) is 0 Å². The molecule has 2 rings (SSSR count). The largest absolute Gasteiger partial charge is 0.368 e. The van der Waals surface area contributed by atoms with Crippen LogP contribution in [0.25, 0.3) is 0 Å². The SMILES string of the molecule is N#Cc1ccc(Br)c(CSc2n[nH]c(N)n2)c1. The highest BCUT2D eigenvalue weighted by Crippen LogP contribution is 2.25. The van der Waals surface area contributed by atoms with E-state index in [2.05, 4.69) is 37.2 Å². The second kappa shape index (κ2) is 5.21. The van der Waals surface area contributed by atoms with E-state index in [1.165, 1.54) is 11.8 Å². The van der Waals surface area contributed by atoms with Crippen molar-refractivity contribution in [1.29, 1.82) is 5.26 Å². The Bertz CT molecular complexity index is 574. The molecule has 0 aliphatic heterocycles. The Morgan fingerprint density at radius 2 is 2.35 bits per heavy atom. The molecular weight excluding hydrogens is 302 g/mol. The first-order chi connectivity index (χ1) is 8.19. The number of halogens is 1. The number of thioether (sulfide) groups is 1. The van der Waals surface area contributed by atoms with Crippen LogP contribution in [0.5, 0.6) is 0 Å². The summed E-state index contributed by atoms with van der Waals surface area (Å²) in [5.74, 6) is 0.977. The predicted molar refractivity (Wildman–Crippen MR) is 69.2 cm³/mol. The number of nitrogen functional groups attached to an aromatic ring is 1. The number of nitrogens with two attached hydrogens (primary N) is 1. The molecule has 0 amide bonds. The number of hydrogen-bond acceptors (Lipinski definition) is 5. The first kappa shape index (κ1) is 12.0. The molecule has 0 atom stereocenters. The van der Waals surface area contributed by atoms with Crippen LogP contribution < -0.4 is 5.73 Å². The van der Waals surface area contributed by atoms with Gasteiger partial charge in [0, 0.05) is 10.2 Å². The van der Waals surface area contributed by atoms with E-state index in [-0.39, 0.29) is 0 Å². The van der Waals surface area contributed by atoms with Gasteiger partial charge in [0.1, 0.15) is 0 Å². The van der Waals surface area contributed by atoms with Crippen molar-refractivity contribution >= 4 is 33.6 Å². The van der Waals surface area contributed by atoms with E-state index in [9.17, 15) is 0 Å². The molecule has 0 saturated carbocycles. The molecule has 1 aromatic carbocycles. The van der Waals surface area contributed by atoms with Gasteiger partial charge in [0.2, 0.25) is 11.1 Å². The zero-order valence-corrected chi connectivity index (χ0v) is 11.0. The summed E-state index contributed by atoms with van der Waals surface area (Å²) in [4.78, 5) is 3.99. The normalized spacial score (nSPS) is 10.1. The predicted octanol–water partition coefficient (Wildman–Crippen LogP) is 2.31. The van der Waals surface area contributed by atoms with Gasteiger partial charge in [0.15, 0.2) is 0 Å². The fourth-order valence-electron chi connectivity index (χ4n) is 1.22. The quantitative estimate of drug-likeness (QED) is 0.849. The van der Waals surface area contributed by atoms with Crippen molar-refractivity contribution < 1.29 is 0 Å². The molecule has 86 valence electrons. The molecule has 7 heteroatoms. The number of aromatic nitrogens is 3. The molecule has 0 radical (unpaired) electrons. The molecule has 5 nitrogen and oxygen atoms in total. The summed E-state index contributed by atoms with van der Waals surface area (Å²) in [7, 11) is 0. The maximum atomic E-state index is 8.82. The van der Waals surface area contributed by atoms with Crippen molar-refractivity contribution in [3.05, 3.63) is 33.8 Å². The van der Waals surface area contributed by atoms with Gasteiger partial charge in [-0.05, 0) is 23.8 Å². The van der Waals surface area contributed by atoms with Gasteiger partial charge in [0.05, 0.1) is 11.6 Å². The molecule has 0 spiro atoms. The van der Waals surface area contributed by atoms with Crippen LogP contribution in [0, 0.1) is 11.3 Å². The van der Waals surface area contributed by atoms with Crippen molar-refractivity contribution in [3.8, 4) is 6.07 Å². The Balaban J connectivity index is 2.11. The minimum atomic E-state index is 0.303. The molecule has 2 aromatic rings. The Labute approximate surface area is 111 Å². The molecule has 0 unspecified atom stereocenters. The van der Waals surface area contributed by atoms with Crippen LogP contribution in [0.1, 0.15) is 11.1 Å². The maximum absolute atomic E-state index is 8.82. The highest BCUT2D eigenvalue weighted by molar-refractivity contribution is 9.10. The Hall–Kier alpha value is -1.52. The molecule has 3 N–H and O–H groups in total. The third-order valence-corrected chi connectivity index (χ3v) is 3.68. The van der Waals surface area contributed by atoms with E-state index in [4.69, 9.17) is 11.0 Å². The van der Waals surface area contributed by atoms with E-state index in [0.29, 0.717) is 22.4 Å². The van der Waals surface area contributed by atoms with E-state index < -0.39 is 0 Å². The molecule has 17 heavy (non-hydrogen) atoms. The summed E-state index contributed by atoms with van der Waals surface area (Å²) in [6.45, 7) is 0. The summed E-state index contributed by atoms with van der Waals surface area (Å²) in [5, 5.41) is 15.9. The lowest BCUT2D eigenvalue weighted by Crippen LogP contribution is -1.87. The fourth-order valence-corrected chi connectivity index (χ4v) is 2.59. The van der Waals surface area contributed by atoms with Crippen molar-refractivity contribution in [2.75, 3.05) is 5.73 Å². The van der Waals surface area contributed by atoms with Crippen molar-refractivity contribution in [1.82, 2.24) is 15.2 Å². The second-order valence-electron chi connectivity index (χ2n) is 3.21. The minimum Gasteiger partial charge on any atom is -0.368 e. The van der Waals surface area contributed by atoms with E-state index >= 15 is 0 Å². The number of anilines is 1. The van der Waals surface area contributed by atoms with Crippen LogP contribution in [0.2, 0.25) is 0 Å². The maximum Gasteiger partial charge on any atom is 0.216 e. The van der Waals surface area contributed by atoms with Gasteiger partial charge in [-0.15, -0.1) is 5.10 Å². The van der Waals surface area contributed by atoms with Crippen LogP contribution >= 0.6 is 27.7 Å². The summed E-state index contributed by atoms with van der Waals surface area (Å²) >= 11 is 4.90. The molecule has 0 fully saturated rings. The van der Waals surface area contributed by atoms with Crippen molar-refractivity contribution in [2.24, 2.45) is 0 Å². The first-order valence-electron chi connectivity index (χ1n) is 4.68. The smallest absolute Gasteiger partial charge is 0.216 e. The summed E-state index contributed by atoms with van der Waals surface area (Å²) in [6, 6.07) is 7.58. The van der Waals surface area contributed by atoms with Gasteiger partial charge in [-0.3, -0.25) is 0 Å². The number of nitrogens with one attached hydrogen (secondary N) is 1. The minimum absolute atomic E-state index is 0.303. The molecule has 0 saturated heterocycles. The highest BCUT2D eigenvalue weighted by Gasteiger charge is 2.05. The Kier molecular flexibility index (Phi) is 3.66. The number of nitriles is 1. The fraction of sp³-hybridized carbons (Fsp3) is 0.100. The summed E-state index contributed by atoms with van der Waals surface area (Å²) in [6.07, 6.45) is 0. The Morgan fingerprint density at radius 3 is 3.00 bits per heavy atom. The number of rotatable bonds is 3. The third-order valence-electron chi connectivity index (χ3n) is 2.01. The average Bonchev–Trinajstić information content (AvgIpc) is 2.74. The van der Waals surface area contributed by atoms with E-state index in [0.717, 1.165) is 10.0 Å². The lowest BCUT2D eigenvalue weighted by molar-refractivity contribution is 0.973. The lowest BCUT2D eigenvalue weighted by Gasteiger charge is -2.02. The number of nitrogens with zero attached hydrogens (tertiary/aromatic N) is 3. The molecule has 0 aliphatic rings. The van der Waals surface area contributed by atoms with Crippen molar-refractivity contribution in [2.45, 2.75) is 10.9 Å². The van der Waals surface area contributed by atoms with Gasteiger partial charge < -0.3 is 5.73 Å². The average molecular weight is 310 g/mol. The van der Waals surface area contributed by atoms with Gasteiger partial charge in [-0.2, -0.15) is 10.2 Å². The molecule has 0 aliphatic carbocycles. The van der Waals surface area contributed by atoms with Crippen molar-refractivity contribution in [3.63, 3.8) is 0 Å². The molecule has 1 aromatic heterocycles. The van der Waals surface area contributed by atoms with Crippen LogP contribution in [-0.4, -0.2) is 15.2 Å². The summed E-state index contributed by atoms with van der Waals surface area (Å²) in [5.41, 5.74) is 7.09. The zero-order chi connectivity index (χ0) is 12.3. The highest BCUT2D eigenvalue weighted by atomic mass is 79.9. The number of aromatic amines is 1.